The molecule has 0 aliphatic carbocycles. The van der Waals surface area contributed by atoms with Crippen LogP contribution in [-0.4, -0.2) is 24.9 Å². The first kappa shape index (κ1) is 17.9. The number of quaternary nitrogens is 1. The van der Waals surface area contributed by atoms with E-state index in [9.17, 15) is 9.59 Å². The molecule has 2 aromatic rings. The number of carbonyl (C=O) groups is 2. The van der Waals surface area contributed by atoms with Crippen molar-refractivity contribution in [3.8, 4) is 0 Å². The van der Waals surface area contributed by atoms with Gasteiger partial charge in [0.2, 0.25) is 11.8 Å². The molecule has 0 spiro atoms. The van der Waals surface area contributed by atoms with Crippen LogP contribution in [-0.2, 0) is 21.5 Å². The molecule has 2 heterocycles. The maximum atomic E-state index is 13.1. The molecule has 4 rings (SSSR count). The second kappa shape index (κ2) is 7.65. The molecule has 2 aliphatic rings. The highest BCUT2D eigenvalue weighted by atomic mass is 16.2. The Balaban J connectivity index is 1.53. The summed E-state index contributed by atoms with van der Waals surface area (Å²) < 4.78 is 0. The number of piperidine rings is 2. The number of rotatable bonds is 4. The first-order valence-corrected chi connectivity index (χ1v) is 9.96. The number of amides is 2. The van der Waals surface area contributed by atoms with Crippen molar-refractivity contribution in [2.75, 3.05) is 13.1 Å². The smallest absolute Gasteiger partial charge is 0.237 e. The van der Waals surface area contributed by atoms with Gasteiger partial charge in [-0.15, -0.1) is 0 Å². The second-order valence-electron chi connectivity index (χ2n) is 7.90. The lowest BCUT2D eigenvalue weighted by Gasteiger charge is -2.44. The van der Waals surface area contributed by atoms with E-state index in [4.69, 9.17) is 0 Å². The highest BCUT2D eigenvalue weighted by Gasteiger charge is 2.50. The summed E-state index contributed by atoms with van der Waals surface area (Å²) in [6.07, 6.45) is 3.08. The van der Waals surface area contributed by atoms with E-state index in [-0.39, 0.29) is 17.7 Å². The second-order valence-corrected chi connectivity index (χ2v) is 7.90. The molecule has 1 unspecified atom stereocenters. The Bertz CT molecular complexity index is 798. The maximum absolute atomic E-state index is 13.1. The quantitative estimate of drug-likeness (QED) is 0.815. The summed E-state index contributed by atoms with van der Waals surface area (Å²) in [5.41, 5.74) is 1.87. The van der Waals surface area contributed by atoms with Gasteiger partial charge in [0, 0.05) is 24.8 Å². The minimum atomic E-state index is -0.562. The molecule has 2 N–H and O–H groups in total. The predicted molar refractivity (Wildman–Crippen MR) is 104 cm³/mol. The van der Waals surface area contributed by atoms with Crippen LogP contribution < -0.4 is 10.2 Å². The zero-order valence-electron chi connectivity index (χ0n) is 15.6. The van der Waals surface area contributed by atoms with Crippen LogP contribution in [0.15, 0.2) is 60.7 Å². The monoisotopic (exact) mass is 363 g/mol. The summed E-state index contributed by atoms with van der Waals surface area (Å²) >= 11 is 0. The number of hydrogen-bond acceptors (Lipinski definition) is 2. The summed E-state index contributed by atoms with van der Waals surface area (Å²) in [4.78, 5) is 26.4. The fourth-order valence-corrected chi connectivity index (χ4v) is 4.94. The molecule has 2 amide bonds. The Morgan fingerprint density at radius 2 is 1.56 bits per heavy atom. The van der Waals surface area contributed by atoms with E-state index in [2.05, 4.69) is 47.8 Å². The van der Waals surface area contributed by atoms with Crippen molar-refractivity contribution >= 4 is 11.8 Å². The molecule has 0 bridgehead atoms. The zero-order chi connectivity index (χ0) is 18.7. The van der Waals surface area contributed by atoms with Gasteiger partial charge in [-0.2, -0.15) is 0 Å². The van der Waals surface area contributed by atoms with E-state index < -0.39 is 5.41 Å². The molecule has 2 saturated heterocycles. The van der Waals surface area contributed by atoms with Crippen LogP contribution in [0.1, 0.15) is 36.8 Å². The molecule has 1 atom stereocenters. The van der Waals surface area contributed by atoms with E-state index in [1.807, 2.05) is 18.2 Å². The summed E-state index contributed by atoms with van der Waals surface area (Å²) in [6.45, 7) is 3.17. The third-order valence-corrected chi connectivity index (χ3v) is 6.38. The molecule has 2 fully saturated rings. The molecule has 4 nitrogen and oxygen atoms in total. The van der Waals surface area contributed by atoms with Crippen molar-refractivity contribution in [1.29, 1.82) is 0 Å². The number of likely N-dealkylation sites (tertiary alicyclic amines) is 1. The van der Waals surface area contributed by atoms with E-state index in [1.54, 1.807) is 4.90 Å². The van der Waals surface area contributed by atoms with E-state index in [0.717, 1.165) is 38.0 Å². The topological polar surface area (TPSA) is 50.6 Å². The summed E-state index contributed by atoms with van der Waals surface area (Å²) in [5.74, 6) is 0.0488. The molecule has 4 heteroatoms. The van der Waals surface area contributed by atoms with Gasteiger partial charge in [-0.1, -0.05) is 60.7 Å². The van der Waals surface area contributed by atoms with Crippen LogP contribution in [0.5, 0.6) is 0 Å². The number of benzene rings is 2. The minimum Gasteiger partial charge on any atom is -0.331 e. The van der Waals surface area contributed by atoms with E-state index >= 15 is 0 Å². The number of carbonyl (C=O) groups excluding carboxylic acids is 2. The largest absolute Gasteiger partial charge is 0.331 e. The fourth-order valence-electron chi connectivity index (χ4n) is 4.94. The van der Waals surface area contributed by atoms with Gasteiger partial charge in [0.15, 0.2) is 0 Å². The van der Waals surface area contributed by atoms with Gasteiger partial charge in [-0.3, -0.25) is 14.9 Å². The van der Waals surface area contributed by atoms with Gasteiger partial charge >= 0.3 is 0 Å². The van der Waals surface area contributed by atoms with Crippen LogP contribution in [0.25, 0.3) is 0 Å². The Labute approximate surface area is 160 Å². The summed E-state index contributed by atoms with van der Waals surface area (Å²) in [7, 11) is 0. The summed E-state index contributed by atoms with van der Waals surface area (Å²) in [5, 5.41) is 2.63. The van der Waals surface area contributed by atoms with Crippen LogP contribution >= 0.6 is 0 Å². The average Bonchev–Trinajstić information content (AvgIpc) is 2.71. The Hall–Kier alpha value is -2.46. The predicted octanol–water partition coefficient (Wildman–Crippen LogP) is 1.86. The van der Waals surface area contributed by atoms with E-state index in [1.165, 1.54) is 5.56 Å². The average molecular weight is 363 g/mol. The number of nitrogens with one attached hydrogen (secondary N) is 2. The lowest BCUT2D eigenvalue weighted by Crippen LogP contribution is -3.12. The van der Waals surface area contributed by atoms with Crippen molar-refractivity contribution in [2.45, 2.75) is 37.6 Å². The van der Waals surface area contributed by atoms with Crippen molar-refractivity contribution in [1.82, 2.24) is 5.32 Å². The standard InChI is InChI=1S/C23H26N2O2/c26-21-11-14-23(22(27)24-21,19-9-5-2-6-10-19)20-12-15-25(16-13-20)17-18-7-3-1-4-8-18/h1-10,20H,11-17H2,(H,24,26,27)/p+1. The highest BCUT2D eigenvalue weighted by molar-refractivity contribution is 6.03. The minimum absolute atomic E-state index is 0.0959. The zero-order valence-corrected chi connectivity index (χ0v) is 15.6. The van der Waals surface area contributed by atoms with Gasteiger partial charge in [0.05, 0.1) is 18.5 Å². The number of hydrogen-bond donors (Lipinski definition) is 2. The van der Waals surface area contributed by atoms with Gasteiger partial charge < -0.3 is 4.90 Å². The Morgan fingerprint density at radius 1 is 0.926 bits per heavy atom. The molecule has 2 aromatic carbocycles. The fraction of sp³-hybridized carbons (Fsp3) is 0.391. The lowest BCUT2D eigenvalue weighted by atomic mass is 9.62. The Kier molecular flexibility index (Phi) is 5.08. The molecular formula is C23H27N2O2+. The van der Waals surface area contributed by atoms with Crippen LogP contribution in [0.3, 0.4) is 0 Å². The van der Waals surface area contributed by atoms with Crippen molar-refractivity contribution in [2.24, 2.45) is 5.92 Å². The third kappa shape index (κ3) is 3.54. The van der Waals surface area contributed by atoms with Crippen molar-refractivity contribution in [3.05, 3.63) is 71.8 Å². The maximum Gasteiger partial charge on any atom is 0.237 e. The van der Waals surface area contributed by atoms with Crippen LogP contribution in [0.4, 0.5) is 0 Å². The first-order valence-electron chi connectivity index (χ1n) is 9.96. The molecule has 0 aromatic heterocycles. The third-order valence-electron chi connectivity index (χ3n) is 6.38. The molecule has 0 radical (unpaired) electrons. The normalized spacial score (nSPS) is 28.6. The summed E-state index contributed by atoms with van der Waals surface area (Å²) in [6, 6.07) is 20.7. The molecule has 140 valence electrons. The van der Waals surface area contributed by atoms with E-state index in [0.29, 0.717) is 12.8 Å². The molecule has 0 saturated carbocycles. The van der Waals surface area contributed by atoms with Gasteiger partial charge in [0.25, 0.3) is 0 Å². The highest BCUT2D eigenvalue weighted by Crippen LogP contribution is 2.43. The lowest BCUT2D eigenvalue weighted by molar-refractivity contribution is -0.920. The molecule has 27 heavy (non-hydrogen) atoms. The Morgan fingerprint density at radius 3 is 2.19 bits per heavy atom. The van der Waals surface area contributed by atoms with Crippen LogP contribution in [0, 0.1) is 5.92 Å². The van der Waals surface area contributed by atoms with Gasteiger partial charge in [-0.25, -0.2) is 0 Å². The molecular weight excluding hydrogens is 336 g/mol. The SMILES string of the molecule is O=C1CCC(c2ccccc2)(C2CC[NH+](Cc3ccccc3)CC2)C(=O)N1. The van der Waals surface area contributed by atoms with Crippen molar-refractivity contribution < 1.29 is 14.5 Å². The van der Waals surface area contributed by atoms with Gasteiger partial charge in [-0.05, 0) is 17.9 Å². The number of imide groups is 1. The molecule has 2 aliphatic heterocycles. The van der Waals surface area contributed by atoms with Crippen LogP contribution in [0.2, 0.25) is 0 Å². The first-order chi connectivity index (χ1) is 13.2. The van der Waals surface area contributed by atoms with Gasteiger partial charge in [0.1, 0.15) is 6.54 Å². The van der Waals surface area contributed by atoms with Crippen molar-refractivity contribution in [3.63, 3.8) is 0 Å².